The van der Waals surface area contributed by atoms with Crippen LogP contribution in [0, 0.1) is 0 Å². The Kier molecular flexibility index (Phi) is 5.10. The molecule has 0 fully saturated rings. The number of benzene rings is 2. The molecule has 4 nitrogen and oxygen atoms in total. The van der Waals surface area contributed by atoms with Crippen molar-refractivity contribution in [1.82, 2.24) is 10.6 Å². The highest BCUT2D eigenvalue weighted by Gasteiger charge is 2.20. The van der Waals surface area contributed by atoms with Crippen molar-refractivity contribution < 1.29 is 9.59 Å². The topological polar surface area (TPSA) is 58.2 Å². The van der Waals surface area contributed by atoms with Crippen LogP contribution in [0.1, 0.15) is 24.1 Å². The van der Waals surface area contributed by atoms with Crippen molar-refractivity contribution in [1.29, 1.82) is 0 Å². The third kappa shape index (κ3) is 4.45. The number of carbonyl (C=O) groups is 2. The second kappa shape index (κ2) is 7.24. The lowest BCUT2D eigenvalue weighted by Gasteiger charge is -2.18. The van der Waals surface area contributed by atoms with Gasteiger partial charge in [-0.1, -0.05) is 60.7 Å². The van der Waals surface area contributed by atoms with Gasteiger partial charge in [-0.2, -0.15) is 0 Å². The molecule has 0 saturated carbocycles. The van der Waals surface area contributed by atoms with Crippen LogP contribution in [0.25, 0.3) is 0 Å². The molecule has 2 amide bonds. The Morgan fingerprint density at radius 3 is 2.10 bits per heavy atom. The van der Waals surface area contributed by atoms with Crippen molar-refractivity contribution >= 4 is 11.8 Å². The zero-order valence-corrected chi connectivity index (χ0v) is 11.9. The first-order chi connectivity index (χ1) is 10.2. The summed E-state index contributed by atoms with van der Waals surface area (Å²) in [4.78, 5) is 23.6. The molecule has 1 atom stereocenters. The van der Waals surface area contributed by atoms with Gasteiger partial charge in [-0.15, -0.1) is 0 Å². The Hall–Kier alpha value is -2.62. The van der Waals surface area contributed by atoms with Crippen LogP contribution in [0.5, 0.6) is 0 Å². The molecule has 0 aliphatic heterocycles. The van der Waals surface area contributed by atoms with E-state index in [0.717, 1.165) is 11.1 Å². The van der Waals surface area contributed by atoms with Crippen molar-refractivity contribution in [3.8, 4) is 0 Å². The lowest BCUT2D eigenvalue weighted by molar-refractivity contribution is -0.128. The molecule has 0 unspecified atom stereocenters. The Labute approximate surface area is 124 Å². The van der Waals surface area contributed by atoms with E-state index in [1.165, 1.54) is 6.92 Å². The monoisotopic (exact) mass is 282 g/mol. The van der Waals surface area contributed by atoms with E-state index in [1.54, 1.807) is 0 Å². The third-order valence-corrected chi connectivity index (χ3v) is 3.05. The normalized spacial score (nSPS) is 11.5. The summed E-state index contributed by atoms with van der Waals surface area (Å²) in [6.07, 6.45) is 0. The van der Waals surface area contributed by atoms with Gasteiger partial charge in [0, 0.05) is 13.5 Å². The van der Waals surface area contributed by atoms with Gasteiger partial charge in [-0.25, -0.2) is 0 Å². The van der Waals surface area contributed by atoms with Gasteiger partial charge >= 0.3 is 0 Å². The Bertz CT molecular complexity index is 597. The SMILES string of the molecule is CC(=O)N[C@H](C(=O)NCc1ccccc1)c1ccccc1. The number of rotatable bonds is 5. The molecular weight excluding hydrogens is 264 g/mol. The minimum absolute atomic E-state index is 0.222. The second-order valence-electron chi connectivity index (χ2n) is 4.75. The molecule has 2 aromatic carbocycles. The van der Waals surface area contributed by atoms with Gasteiger partial charge in [0.15, 0.2) is 0 Å². The van der Waals surface area contributed by atoms with Crippen LogP contribution in [0.15, 0.2) is 60.7 Å². The fourth-order valence-electron chi connectivity index (χ4n) is 2.04. The van der Waals surface area contributed by atoms with Crippen molar-refractivity contribution in [3.63, 3.8) is 0 Å². The summed E-state index contributed by atoms with van der Waals surface area (Å²) in [6.45, 7) is 1.84. The van der Waals surface area contributed by atoms with Gasteiger partial charge in [0.1, 0.15) is 6.04 Å². The second-order valence-corrected chi connectivity index (χ2v) is 4.75. The zero-order valence-electron chi connectivity index (χ0n) is 11.9. The molecular formula is C17H18N2O2. The summed E-state index contributed by atoms with van der Waals surface area (Å²) in [6, 6.07) is 18.2. The molecule has 2 rings (SSSR count). The Balaban J connectivity index is 2.06. The number of nitrogens with one attached hydrogen (secondary N) is 2. The average molecular weight is 282 g/mol. The number of carbonyl (C=O) groups excluding carboxylic acids is 2. The summed E-state index contributed by atoms with van der Waals surface area (Å²) in [5, 5.41) is 5.53. The van der Waals surface area contributed by atoms with Crippen LogP contribution in [0.4, 0.5) is 0 Å². The molecule has 0 spiro atoms. The van der Waals surface area contributed by atoms with Crippen LogP contribution in [0.2, 0.25) is 0 Å². The van der Waals surface area contributed by atoms with E-state index in [9.17, 15) is 9.59 Å². The molecule has 0 aromatic heterocycles. The van der Waals surface area contributed by atoms with Crippen molar-refractivity contribution in [2.45, 2.75) is 19.5 Å². The van der Waals surface area contributed by atoms with Crippen LogP contribution in [-0.4, -0.2) is 11.8 Å². The smallest absolute Gasteiger partial charge is 0.247 e. The number of amides is 2. The lowest BCUT2D eigenvalue weighted by atomic mass is 10.1. The van der Waals surface area contributed by atoms with Crippen molar-refractivity contribution in [2.75, 3.05) is 0 Å². The molecule has 0 aliphatic rings. The first-order valence-corrected chi connectivity index (χ1v) is 6.80. The minimum Gasteiger partial charge on any atom is -0.350 e. The summed E-state index contributed by atoms with van der Waals surface area (Å²) in [5.41, 5.74) is 1.78. The lowest BCUT2D eigenvalue weighted by Crippen LogP contribution is -2.39. The maximum Gasteiger partial charge on any atom is 0.247 e. The predicted molar refractivity (Wildman–Crippen MR) is 81.3 cm³/mol. The summed E-state index contributed by atoms with van der Waals surface area (Å²) in [7, 11) is 0. The van der Waals surface area contributed by atoms with Gasteiger partial charge in [-0.05, 0) is 11.1 Å². The van der Waals surface area contributed by atoms with E-state index in [-0.39, 0.29) is 11.8 Å². The van der Waals surface area contributed by atoms with Gasteiger partial charge < -0.3 is 10.6 Å². The molecule has 2 N–H and O–H groups in total. The van der Waals surface area contributed by atoms with Gasteiger partial charge in [0.25, 0.3) is 0 Å². The number of hydrogen-bond donors (Lipinski definition) is 2. The molecule has 0 heterocycles. The molecule has 21 heavy (non-hydrogen) atoms. The molecule has 0 bridgehead atoms. The van der Waals surface area contributed by atoms with Crippen LogP contribution in [-0.2, 0) is 16.1 Å². The quantitative estimate of drug-likeness (QED) is 0.883. The van der Waals surface area contributed by atoms with Gasteiger partial charge in [-0.3, -0.25) is 9.59 Å². The summed E-state index contributed by atoms with van der Waals surface area (Å²) < 4.78 is 0. The maximum atomic E-state index is 12.3. The Morgan fingerprint density at radius 2 is 1.52 bits per heavy atom. The first kappa shape index (κ1) is 14.8. The van der Waals surface area contributed by atoms with Gasteiger partial charge in [0.05, 0.1) is 0 Å². The van der Waals surface area contributed by atoms with E-state index in [1.807, 2.05) is 60.7 Å². The van der Waals surface area contributed by atoms with E-state index < -0.39 is 6.04 Å². The molecule has 2 aromatic rings. The van der Waals surface area contributed by atoms with Crippen LogP contribution >= 0.6 is 0 Å². The van der Waals surface area contributed by atoms with Crippen LogP contribution < -0.4 is 10.6 Å². The molecule has 0 aliphatic carbocycles. The fraction of sp³-hybridized carbons (Fsp3) is 0.176. The summed E-state index contributed by atoms with van der Waals surface area (Å²) >= 11 is 0. The van der Waals surface area contributed by atoms with Gasteiger partial charge in [0.2, 0.25) is 11.8 Å². The van der Waals surface area contributed by atoms with E-state index in [2.05, 4.69) is 10.6 Å². The standard InChI is InChI=1S/C17H18N2O2/c1-13(20)19-16(15-10-6-3-7-11-15)17(21)18-12-14-8-4-2-5-9-14/h2-11,16H,12H2,1H3,(H,18,21)(H,19,20)/t16-/m0/s1. The third-order valence-electron chi connectivity index (χ3n) is 3.05. The van der Waals surface area contributed by atoms with Crippen molar-refractivity contribution in [2.24, 2.45) is 0 Å². The first-order valence-electron chi connectivity index (χ1n) is 6.80. The average Bonchev–Trinajstić information content (AvgIpc) is 2.52. The predicted octanol–water partition coefficient (Wildman–Crippen LogP) is 2.18. The van der Waals surface area contributed by atoms with E-state index >= 15 is 0 Å². The largest absolute Gasteiger partial charge is 0.350 e. The fourth-order valence-corrected chi connectivity index (χ4v) is 2.04. The molecule has 4 heteroatoms. The van der Waals surface area contributed by atoms with E-state index in [4.69, 9.17) is 0 Å². The zero-order chi connectivity index (χ0) is 15.1. The molecule has 0 saturated heterocycles. The highest BCUT2D eigenvalue weighted by atomic mass is 16.2. The van der Waals surface area contributed by atoms with Crippen molar-refractivity contribution in [3.05, 3.63) is 71.8 Å². The molecule has 108 valence electrons. The minimum atomic E-state index is -0.674. The maximum absolute atomic E-state index is 12.3. The van der Waals surface area contributed by atoms with E-state index in [0.29, 0.717) is 6.54 Å². The number of hydrogen-bond acceptors (Lipinski definition) is 2. The van der Waals surface area contributed by atoms with Crippen LogP contribution in [0.3, 0.4) is 0 Å². The molecule has 0 radical (unpaired) electrons. The Morgan fingerprint density at radius 1 is 0.952 bits per heavy atom. The highest BCUT2D eigenvalue weighted by molar-refractivity contribution is 5.87. The summed E-state index contributed by atoms with van der Waals surface area (Å²) in [5.74, 6) is -0.459. The highest BCUT2D eigenvalue weighted by Crippen LogP contribution is 2.13.